The molecule has 4 bridgehead atoms. The molecule has 8 nitrogen and oxygen atoms in total. The van der Waals surface area contributed by atoms with E-state index >= 15 is 0 Å². The van der Waals surface area contributed by atoms with Gasteiger partial charge in [-0.25, -0.2) is 4.79 Å². The van der Waals surface area contributed by atoms with E-state index in [2.05, 4.69) is 11.1 Å². The Hall–Kier alpha value is -2.89. The molecule has 6 fully saturated rings. The zero-order valence-corrected chi connectivity index (χ0v) is 22.2. The maximum atomic E-state index is 13.9. The Labute approximate surface area is 223 Å². The number of nitrogens with one attached hydrogen (secondary N) is 1. The average Bonchev–Trinajstić information content (AvgIpc) is 3.34. The Bertz CT molecular complexity index is 1330. The number of fused-ring (bicyclic) bond motifs is 2. The number of ether oxygens (including phenoxy) is 1. The van der Waals surface area contributed by atoms with Gasteiger partial charge in [-0.2, -0.15) is 5.26 Å². The van der Waals surface area contributed by atoms with Gasteiger partial charge in [-0.1, -0.05) is 18.2 Å². The zero-order valence-electron chi connectivity index (χ0n) is 22.2. The largest absolute Gasteiger partial charge is 0.458 e. The van der Waals surface area contributed by atoms with Crippen LogP contribution in [0.25, 0.3) is 10.9 Å². The predicted molar refractivity (Wildman–Crippen MR) is 141 cm³/mol. The second kappa shape index (κ2) is 8.30. The molecule has 7 atom stereocenters. The van der Waals surface area contributed by atoms with E-state index in [4.69, 9.17) is 10.5 Å². The second-order valence-corrected chi connectivity index (χ2v) is 13.3. The van der Waals surface area contributed by atoms with Crippen LogP contribution in [-0.2, 0) is 14.3 Å². The molecular weight excluding hydrogens is 478 g/mol. The van der Waals surface area contributed by atoms with Gasteiger partial charge in [0.25, 0.3) is 0 Å². The topological polar surface area (TPSA) is 115 Å². The molecule has 5 saturated carbocycles. The number of para-hydroxylation sites is 1. The fourth-order valence-corrected chi connectivity index (χ4v) is 9.25. The number of likely N-dealkylation sites (tertiary alicyclic amines) is 1. The van der Waals surface area contributed by atoms with Gasteiger partial charge in [-0.05, 0) is 94.7 Å². The molecule has 1 amide bonds. The number of carbonyl (C=O) groups is 2. The third-order valence-corrected chi connectivity index (χ3v) is 10.5. The van der Waals surface area contributed by atoms with Crippen molar-refractivity contribution >= 4 is 22.8 Å². The number of carbonyl (C=O) groups excluding carboxylic acids is 2. The van der Waals surface area contributed by atoms with Gasteiger partial charge < -0.3 is 20.4 Å². The summed E-state index contributed by atoms with van der Waals surface area (Å²) in [5.74, 6) is 0.990. The van der Waals surface area contributed by atoms with E-state index < -0.39 is 17.7 Å². The van der Waals surface area contributed by atoms with E-state index in [1.165, 1.54) is 0 Å². The van der Waals surface area contributed by atoms with Crippen LogP contribution in [0.5, 0.6) is 0 Å². The molecule has 2 aromatic rings. The van der Waals surface area contributed by atoms with Gasteiger partial charge in [-0.3, -0.25) is 9.69 Å². The molecular formula is C30H37N5O3. The molecule has 5 aliphatic carbocycles. The number of aromatic nitrogens is 1. The molecule has 0 radical (unpaired) electrons. The summed E-state index contributed by atoms with van der Waals surface area (Å²) in [6.45, 7) is 0. The predicted octanol–water partition coefficient (Wildman–Crippen LogP) is 3.49. The number of rotatable bonds is 6. The standard InChI is InChI=1S/C30H37N5O3/c1-34(2)25(22-15-33-23-6-4-3-5-21(22)23)28(37)38-30-12-17-7-18(13-30)11-29(10-17,16-30)26(32)27(36)35-20(14-31)8-19-9-24(19)35/h3-6,15,17-20,24-26,33H,7-13,16,32H2,1-2H3/t17?,18?,19-,20+,24+,25+,26-,29?,30?/m1/s1. The Morgan fingerprint density at radius 2 is 1.89 bits per heavy atom. The number of H-pyrrole nitrogens is 1. The van der Waals surface area contributed by atoms with Crippen molar-refractivity contribution in [2.75, 3.05) is 14.1 Å². The molecule has 1 aromatic heterocycles. The Morgan fingerprint density at radius 1 is 1.16 bits per heavy atom. The third-order valence-electron chi connectivity index (χ3n) is 10.5. The molecule has 2 heterocycles. The third kappa shape index (κ3) is 3.55. The van der Waals surface area contributed by atoms with E-state index in [9.17, 15) is 14.9 Å². The van der Waals surface area contributed by atoms with E-state index in [1.54, 1.807) is 0 Å². The summed E-state index contributed by atoms with van der Waals surface area (Å²) in [4.78, 5) is 34.8. The number of nitrogens with zero attached hydrogens (tertiary/aromatic N) is 3. The summed E-state index contributed by atoms with van der Waals surface area (Å²) in [5, 5.41) is 10.7. The first-order valence-corrected chi connectivity index (χ1v) is 14.2. The maximum Gasteiger partial charge on any atom is 0.328 e. The number of benzene rings is 1. The minimum atomic E-state index is -0.653. The first-order chi connectivity index (χ1) is 18.2. The smallest absolute Gasteiger partial charge is 0.328 e. The Balaban J connectivity index is 1.16. The van der Waals surface area contributed by atoms with Crippen molar-refractivity contribution < 1.29 is 14.3 Å². The molecule has 8 rings (SSSR count). The number of likely N-dealkylation sites (N-methyl/N-ethyl adjacent to an activating group) is 1. The van der Waals surface area contributed by atoms with Crippen molar-refractivity contribution in [1.82, 2.24) is 14.8 Å². The van der Waals surface area contributed by atoms with E-state index in [0.717, 1.165) is 61.4 Å². The lowest BCUT2D eigenvalue weighted by Gasteiger charge is -2.62. The first-order valence-electron chi connectivity index (χ1n) is 14.2. The van der Waals surface area contributed by atoms with E-state index in [1.807, 2.05) is 54.4 Å². The summed E-state index contributed by atoms with van der Waals surface area (Å²) in [5.41, 5.74) is 7.83. The molecule has 0 spiro atoms. The number of esters is 1. The lowest BCUT2D eigenvalue weighted by molar-refractivity contribution is -0.209. The van der Waals surface area contributed by atoms with Crippen molar-refractivity contribution in [3.8, 4) is 6.07 Å². The first kappa shape index (κ1) is 24.2. The van der Waals surface area contributed by atoms with Gasteiger partial charge in [0, 0.05) is 28.7 Å². The summed E-state index contributed by atoms with van der Waals surface area (Å²) in [7, 11) is 3.83. The molecule has 2 unspecified atom stereocenters. The highest BCUT2D eigenvalue weighted by Gasteiger charge is 2.64. The lowest BCUT2D eigenvalue weighted by atomic mass is 9.46. The molecule has 1 aromatic carbocycles. The minimum Gasteiger partial charge on any atom is -0.458 e. The Kier molecular flexibility index (Phi) is 5.28. The minimum absolute atomic E-state index is 0.0602. The van der Waals surface area contributed by atoms with Crippen LogP contribution in [0.15, 0.2) is 30.5 Å². The number of amides is 1. The van der Waals surface area contributed by atoms with Crippen molar-refractivity contribution in [2.45, 2.75) is 81.1 Å². The quantitative estimate of drug-likeness (QED) is 0.569. The number of hydrogen-bond acceptors (Lipinski definition) is 6. The monoisotopic (exact) mass is 515 g/mol. The highest BCUT2D eigenvalue weighted by atomic mass is 16.6. The Morgan fingerprint density at radius 3 is 2.61 bits per heavy atom. The summed E-state index contributed by atoms with van der Waals surface area (Å²) < 4.78 is 6.57. The number of aromatic amines is 1. The molecule has 1 aliphatic heterocycles. The zero-order chi connectivity index (χ0) is 26.4. The highest BCUT2D eigenvalue weighted by Crippen LogP contribution is 2.64. The maximum absolute atomic E-state index is 13.9. The molecule has 6 aliphatic rings. The van der Waals surface area contributed by atoms with Gasteiger partial charge in [0.2, 0.25) is 5.91 Å². The van der Waals surface area contributed by atoms with E-state index in [0.29, 0.717) is 24.2 Å². The fourth-order valence-electron chi connectivity index (χ4n) is 9.25. The van der Waals surface area contributed by atoms with Crippen LogP contribution < -0.4 is 5.73 Å². The molecule has 1 saturated heterocycles. The van der Waals surface area contributed by atoms with Gasteiger partial charge >= 0.3 is 5.97 Å². The van der Waals surface area contributed by atoms with Crippen LogP contribution >= 0.6 is 0 Å². The van der Waals surface area contributed by atoms with Crippen molar-refractivity contribution in [2.24, 2.45) is 28.9 Å². The van der Waals surface area contributed by atoms with Crippen molar-refractivity contribution in [1.29, 1.82) is 5.26 Å². The van der Waals surface area contributed by atoms with Crippen LogP contribution in [-0.4, -0.2) is 64.5 Å². The van der Waals surface area contributed by atoms with Gasteiger partial charge in [0.1, 0.15) is 17.7 Å². The second-order valence-electron chi connectivity index (χ2n) is 13.3. The SMILES string of the molecule is CN(C)[C@H](C(=O)OC12CC3CC(C1)CC([C@H](N)C(=O)N1[C@H](C#N)C[C@@H]4C[C@@H]41)(C3)C2)c1c[nH]c2ccccc12. The van der Waals surface area contributed by atoms with Crippen LogP contribution in [0.2, 0.25) is 0 Å². The van der Waals surface area contributed by atoms with Gasteiger partial charge in [0.15, 0.2) is 0 Å². The molecule has 8 heteroatoms. The lowest BCUT2D eigenvalue weighted by Crippen LogP contribution is -2.65. The summed E-state index contributed by atoms with van der Waals surface area (Å²) >= 11 is 0. The fraction of sp³-hybridized carbons (Fsp3) is 0.633. The molecule has 38 heavy (non-hydrogen) atoms. The number of nitrogens with two attached hydrogens (primary N) is 1. The van der Waals surface area contributed by atoms with Gasteiger partial charge in [-0.15, -0.1) is 0 Å². The normalized spacial score (nSPS) is 38.2. The highest BCUT2D eigenvalue weighted by molar-refractivity contribution is 5.90. The molecule has 200 valence electrons. The summed E-state index contributed by atoms with van der Waals surface area (Å²) in [6.07, 6.45) is 8.97. The average molecular weight is 516 g/mol. The van der Waals surface area contributed by atoms with Crippen LogP contribution in [0.1, 0.15) is 63.0 Å². The number of piperidine rings is 1. The van der Waals surface area contributed by atoms with Crippen LogP contribution in [0, 0.1) is 34.5 Å². The summed E-state index contributed by atoms with van der Waals surface area (Å²) in [6, 6.07) is 9.01. The van der Waals surface area contributed by atoms with Crippen molar-refractivity contribution in [3.63, 3.8) is 0 Å². The molecule has 3 N–H and O–H groups in total. The van der Waals surface area contributed by atoms with Crippen LogP contribution in [0.3, 0.4) is 0 Å². The van der Waals surface area contributed by atoms with Crippen molar-refractivity contribution in [3.05, 3.63) is 36.0 Å². The number of hydrogen-bond donors (Lipinski definition) is 2. The number of nitriles is 1. The van der Waals surface area contributed by atoms with Crippen LogP contribution in [0.4, 0.5) is 0 Å². The van der Waals surface area contributed by atoms with Gasteiger partial charge in [0.05, 0.1) is 12.1 Å². The van der Waals surface area contributed by atoms with E-state index in [-0.39, 0.29) is 29.4 Å².